The van der Waals surface area contributed by atoms with E-state index in [9.17, 15) is 4.79 Å². The number of aromatic amines is 1. The first-order valence-electron chi connectivity index (χ1n) is 14.2. The Hall–Kier alpha value is -4.49. The highest BCUT2D eigenvalue weighted by Gasteiger charge is 2.26. The highest BCUT2D eigenvalue weighted by molar-refractivity contribution is 5.93. The minimum atomic E-state index is -0.00269. The summed E-state index contributed by atoms with van der Waals surface area (Å²) in [5.74, 6) is 1.16. The van der Waals surface area contributed by atoms with Gasteiger partial charge in [0.1, 0.15) is 11.4 Å². The Balaban J connectivity index is 1.01. The van der Waals surface area contributed by atoms with Crippen molar-refractivity contribution in [1.29, 1.82) is 0 Å². The van der Waals surface area contributed by atoms with Gasteiger partial charge >= 0.3 is 0 Å². The largest absolute Gasteiger partial charge is 0.493 e. The van der Waals surface area contributed by atoms with Crippen molar-refractivity contribution < 1.29 is 9.53 Å². The summed E-state index contributed by atoms with van der Waals surface area (Å²) >= 11 is 0. The first kappa shape index (κ1) is 26.7. The van der Waals surface area contributed by atoms with Gasteiger partial charge in [-0.15, -0.1) is 0 Å². The fourth-order valence-electron chi connectivity index (χ4n) is 5.59. The van der Waals surface area contributed by atoms with Crippen molar-refractivity contribution in [3.8, 4) is 17.0 Å². The van der Waals surface area contributed by atoms with Gasteiger partial charge in [-0.1, -0.05) is 54.6 Å². The van der Waals surface area contributed by atoms with E-state index in [-0.39, 0.29) is 11.8 Å². The number of hydrogen-bond acceptors (Lipinski definition) is 5. The monoisotopic (exact) mass is 545 g/mol. The second-order valence-electron chi connectivity index (χ2n) is 11.0. The minimum absolute atomic E-state index is 0.00269. The number of hydrogen-bond donors (Lipinski definition) is 1. The molecule has 1 aliphatic rings. The quantitative estimate of drug-likeness (QED) is 0.239. The van der Waals surface area contributed by atoms with E-state index < -0.39 is 0 Å². The van der Waals surface area contributed by atoms with Crippen molar-refractivity contribution in [3.63, 3.8) is 0 Å². The summed E-state index contributed by atoms with van der Waals surface area (Å²) in [6.45, 7) is 3.70. The van der Waals surface area contributed by atoms with Crippen LogP contribution in [0.15, 0.2) is 97.2 Å². The van der Waals surface area contributed by atoms with Crippen molar-refractivity contribution in [2.45, 2.75) is 25.9 Å². The molecule has 1 saturated heterocycles. The summed E-state index contributed by atoms with van der Waals surface area (Å²) in [4.78, 5) is 21.9. The van der Waals surface area contributed by atoms with Crippen LogP contribution in [0.5, 0.6) is 5.75 Å². The number of aromatic nitrogens is 3. The molecule has 1 amide bonds. The summed E-state index contributed by atoms with van der Waals surface area (Å²) in [7, 11) is 2.14. The maximum absolute atomic E-state index is 13.2. The smallest absolute Gasteiger partial charge is 0.271 e. The average Bonchev–Trinajstić information content (AvgIpc) is 3.51. The molecule has 208 valence electrons. The van der Waals surface area contributed by atoms with E-state index in [1.165, 1.54) is 16.5 Å². The lowest BCUT2D eigenvalue weighted by Gasteiger charge is -2.32. The topological polar surface area (TPSA) is 74.3 Å². The molecule has 7 nitrogen and oxygen atoms in total. The summed E-state index contributed by atoms with van der Waals surface area (Å²) in [5.41, 5.74) is 5.80. The maximum Gasteiger partial charge on any atom is 0.271 e. The number of nitrogens with zero attached hydrogens (tertiary/aromatic N) is 4. The molecule has 0 spiro atoms. The molecule has 2 aromatic heterocycles. The molecule has 0 bridgehead atoms. The molecule has 41 heavy (non-hydrogen) atoms. The zero-order chi connectivity index (χ0) is 28.0. The maximum atomic E-state index is 13.2. The number of rotatable bonds is 9. The highest BCUT2D eigenvalue weighted by atomic mass is 16.5. The molecule has 1 fully saturated rings. The molecule has 1 aliphatic heterocycles. The molecular formula is C34H35N5O2. The Kier molecular flexibility index (Phi) is 8.05. The van der Waals surface area contributed by atoms with Gasteiger partial charge in [-0.3, -0.25) is 19.8 Å². The lowest BCUT2D eigenvalue weighted by atomic mass is 9.98. The van der Waals surface area contributed by atoms with Gasteiger partial charge in [0.2, 0.25) is 0 Å². The van der Waals surface area contributed by atoms with Gasteiger partial charge in [-0.25, -0.2) is 0 Å². The van der Waals surface area contributed by atoms with Gasteiger partial charge in [0.15, 0.2) is 0 Å². The normalized spacial score (nSPS) is 15.4. The van der Waals surface area contributed by atoms with Gasteiger partial charge in [0.05, 0.1) is 17.8 Å². The number of pyridine rings is 1. The second-order valence-corrected chi connectivity index (χ2v) is 11.0. The third-order valence-electron chi connectivity index (χ3n) is 7.64. The highest BCUT2D eigenvalue weighted by Crippen LogP contribution is 2.23. The van der Waals surface area contributed by atoms with Crippen molar-refractivity contribution in [2.75, 3.05) is 26.7 Å². The lowest BCUT2D eigenvalue weighted by molar-refractivity contribution is 0.0627. The molecule has 3 aromatic carbocycles. The zero-order valence-electron chi connectivity index (χ0n) is 23.4. The molecule has 0 aliphatic carbocycles. The number of carbonyl (C=O) groups excluding carboxylic acids is 1. The van der Waals surface area contributed by atoms with Gasteiger partial charge < -0.3 is 9.64 Å². The Morgan fingerprint density at radius 2 is 1.83 bits per heavy atom. The van der Waals surface area contributed by atoms with E-state index in [4.69, 9.17) is 4.74 Å². The van der Waals surface area contributed by atoms with Gasteiger partial charge in [0, 0.05) is 49.2 Å². The number of carbonyl (C=O) groups is 1. The SMILES string of the molecule is CN(Cc1cccc(OCC2CCCN(C(=O)c3cc(-c4ccccc4)n[nH]3)C2)c1)Cc1ccc2ncccc2c1. The standard InChI is InChI=1S/C34H35N5O2/c1-38(22-26-14-15-31-29(18-26)12-6-16-35-31)21-25-8-5-13-30(19-25)41-24-27-9-7-17-39(23-27)34(40)33-20-32(36-37-33)28-10-3-2-4-11-28/h2-6,8,10-16,18-20,27H,7,9,17,21-24H2,1H3,(H,36,37). The Bertz CT molecular complexity index is 1620. The number of ether oxygens (including phenoxy) is 1. The van der Waals surface area contributed by atoms with Crippen LogP contribution in [0.2, 0.25) is 0 Å². The van der Waals surface area contributed by atoms with E-state index >= 15 is 0 Å². The predicted octanol–water partition coefficient (Wildman–Crippen LogP) is 6.19. The van der Waals surface area contributed by atoms with Crippen LogP contribution in [-0.2, 0) is 13.1 Å². The zero-order valence-corrected chi connectivity index (χ0v) is 23.4. The fourth-order valence-corrected chi connectivity index (χ4v) is 5.59. The van der Waals surface area contributed by atoms with E-state index in [1.54, 1.807) is 0 Å². The van der Waals surface area contributed by atoms with E-state index in [2.05, 4.69) is 69.6 Å². The van der Waals surface area contributed by atoms with Crippen LogP contribution in [0.1, 0.15) is 34.5 Å². The van der Waals surface area contributed by atoms with Crippen LogP contribution >= 0.6 is 0 Å². The summed E-state index contributed by atoms with van der Waals surface area (Å²) in [5, 5.41) is 8.46. The van der Waals surface area contributed by atoms with Crippen LogP contribution in [0.3, 0.4) is 0 Å². The molecule has 7 heteroatoms. The van der Waals surface area contributed by atoms with Crippen LogP contribution in [0.25, 0.3) is 22.2 Å². The predicted molar refractivity (Wildman–Crippen MR) is 162 cm³/mol. The van der Waals surface area contributed by atoms with E-state index in [1.807, 2.05) is 59.6 Å². The molecule has 3 heterocycles. The first-order valence-corrected chi connectivity index (χ1v) is 14.2. The molecule has 1 N–H and O–H groups in total. The van der Waals surface area contributed by atoms with Crippen molar-refractivity contribution in [2.24, 2.45) is 5.92 Å². The first-order chi connectivity index (χ1) is 20.1. The molecule has 0 radical (unpaired) electrons. The minimum Gasteiger partial charge on any atom is -0.493 e. The number of piperidine rings is 1. The lowest BCUT2D eigenvalue weighted by Crippen LogP contribution is -2.41. The van der Waals surface area contributed by atoms with Gasteiger partial charge in [-0.2, -0.15) is 5.10 Å². The summed E-state index contributed by atoms with van der Waals surface area (Å²) in [6, 6.07) is 30.6. The number of nitrogens with one attached hydrogen (secondary N) is 1. The third kappa shape index (κ3) is 6.64. The molecule has 1 unspecified atom stereocenters. The number of likely N-dealkylation sites (tertiary alicyclic amines) is 1. The van der Waals surface area contributed by atoms with Crippen molar-refractivity contribution in [1.82, 2.24) is 25.0 Å². The Labute approximate surface area is 240 Å². The molecule has 0 saturated carbocycles. The van der Waals surface area contributed by atoms with Gasteiger partial charge in [-0.05, 0) is 67.4 Å². The number of benzene rings is 3. The number of fused-ring (bicyclic) bond motifs is 1. The average molecular weight is 546 g/mol. The third-order valence-corrected chi connectivity index (χ3v) is 7.64. The molecular weight excluding hydrogens is 510 g/mol. The summed E-state index contributed by atoms with van der Waals surface area (Å²) in [6.07, 6.45) is 3.84. The fraction of sp³-hybridized carbons (Fsp3) is 0.265. The second kappa shape index (κ2) is 12.4. The van der Waals surface area contributed by atoms with E-state index in [0.29, 0.717) is 18.8 Å². The molecule has 6 rings (SSSR count). The van der Waals surface area contributed by atoms with Crippen molar-refractivity contribution >= 4 is 16.8 Å². The Morgan fingerprint density at radius 3 is 2.71 bits per heavy atom. The Morgan fingerprint density at radius 1 is 0.976 bits per heavy atom. The van der Waals surface area contributed by atoms with Crippen LogP contribution in [-0.4, -0.2) is 57.6 Å². The van der Waals surface area contributed by atoms with Crippen LogP contribution < -0.4 is 4.74 Å². The van der Waals surface area contributed by atoms with Crippen LogP contribution in [0, 0.1) is 5.92 Å². The van der Waals surface area contributed by atoms with Gasteiger partial charge in [0.25, 0.3) is 5.91 Å². The molecule has 5 aromatic rings. The number of amides is 1. The summed E-state index contributed by atoms with van der Waals surface area (Å²) < 4.78 is 6.25. The van der Waals surface area contributed by atoms with Crippen LogP contribution in [0.4, 0.5) is 0 Å². The van der Waals surface area contributed by atoms with E-state index in [0.717, 1.165) is 55.0 Å². The number of H-pyrrole nitrogens is 1. The van der Waals surface area contributed by atoms with Crippen molar-refractivity contribution in [3.05, 3.63) is 114 Å². The molecule has 1 atom stereocenters.